The highest BCUT2D eigenvalue weighted by Crippen LogP contribution is 2.38. The molecule has 3 rings (SSSR count). The van der Waals surface area contributed by atoms with Crippen molar-refractivity contribution in [1.82, 2.24) is 4.90 Å². The molecule has 0 saturated carbocycles. The van der Waals surface area contributed by atoms with Crippen LogP contribution in [0.15, 0.2) is 33.2 Å². The number of rotatable bonds is 6. The fourth-order valence-corrected chi connectivity index (χ4v) is 3.67. The molecular formula is C18H22BrNO4. The topological polar surface area (TPSA) is 55.1 Å². The molecule has 2 heterocycles. The Labute approximate surface area is 150 Å². The van der Waals surface area contributed by atoms with Gasteiger partial charge in [0.25, 0.3) is 0 Å². The van der Waals surface area contributed by atoms with Gasteiger partial charge in [-0.05, 0) is 49.2 Å². The van der Waals surface area contributed by atoms with Crippen molar-refractivity contribution in [3.05, 3.63) is 45.8 Å². The largest absolute Gasteiger partial charge is 0.504 e. The predicted molar refractivity (Wildman–Crippen MR) is 94.2 cm³/mol. The Morgan fingerprint density at radius 2 is 2.17 bits per heavy atom. The average molecular weight is 396 g/mol. The van der Waals surface area contributed by atoms with Crippen molar-refractivity contribution in [2.24, 2.45) is 0 Å². The van der Waals surface area contributed by atoms with Gasteiger partial charge in [-0.3, -0.25) is 4.90 Å². The van der Waals surface area contributed by atoms with E-state index in [1.54, 1.807) is 26.4 Å². The lowest BCUT2D eigenvalue weighted by molar-refractivity contribution is 0.155. The van der Waals surface area contributed by atoms with Crippen molar-refractivity contribution in [3.63, 3.8) is 0 Å². The van der Waals surface area contributed by atoms with Crippen LogP contribution in [0.4, 0.5) is 0 Å². The number of methoxy groups -OCH3 is 2. The zero-order valence-corrected chi connectivity index (χ0v) is 15.5. The number of hydrogen-bond donors (Lipinski definition) is 1. The number of likely N-dealkylation sites (tertiary alicyclic amines) is 1. The van der Waals surface area contributed by atoms with Gasteiger partial charge in [-0.15, -0.1) is 0 Å². The monoisotopic (exact) mass is 395 g/mol. The van der Waals surface area contributed by atoms with E-state index >= 15 is 0 Å². The van der Waals surface area contributed by atoms with E-state index in [9.17, 15) is 5.11 Å². The zero-order valence-electron chi connectivity index (χ0n) is 13.9. The number of halogens is 1. The first-order valence-electron chi connectivity index (χ1n) is 7.99. The van der Waals surface area contributed by atoms with Crippen molar-refractivity contribution in [1.29, 1.82) is 0 Å². The van der Waals surface area contributed by atoms with Crippen LogP contribution in [-0.2, 0) is 17.9 Å². The van der Waals surface area contributed by atoms with Crippen LogP contribution in [0.5, 0.6) is 11.5 Å². The first-order valence-corrected chi connectivity index (χ1v) is 8.78. The minimum Gasteiger partial charge on any atom is -0.504 e. The van der Waals surface area contributed by atoms with E-state index < -0.39 is 0 Å². The van der Waals surface area contributed by atoms with E-state index in [4.69, 9.17) is 13.9 Å². The molecule has 1 aromatic heterocycles. The quantitative estimate of drug-likeness (QED) is 0.792. The van der Waals surface area contributed by atoms with Crippen LogP contribution in [0.2, 0.25) is 0 Å². The van der Waals surface area contributed by atoms with Crippen LogP contribution in [0.25, 0.3) is 0 Å². The third-order valence-corrected chi connectivity index (χ3v) is 5.12. The highest BCUT2D eigenvalue weighted by Gasteiger charge is 2.29. The Morgan fingerprint density at radius 1 is 1.33 bits per heavy atom. The summed E-state index contributed by atoms with van der Waals surface area (Å²) < 4.78 is 17.1. The fraction of sp³-hybridized carbons (Fsp3) is 0.444. The van der Waals surface area contributed by atoms with E-state index in [1.165, 1.54) is 0 Å². The number of phenols is 1. The Hall–Kier alpha value is -1.50. The molecule has 0 bridgehead atoms. The van der Waals surface area contributed by atoms with Gasteiger partial charge >= 0.3 is 0 Å². The molecule has 1 atom stereocenters. The number of ether oxygens (including phenoxy) is 2. The molecule has 1 aromatic carbocycles. The smallest absolute Gasteiger partial charge is 0.161 e. The molecule has 130 valence electrons. The number of phenolic OH excluding ortho intramolecular Hbond substituents is 1. The van der Waals surface area contributed by atoms with E-state index in [0.717, 1.165) is 47.5 Å². The minimum atomic E-state index is 0.159. The summed E-state index contributed by atoms with van der Waals surface area (Å²) in [7, 11) is 3.21. The molecule has 0 amide bonds. The lowest BCUT2D eigenvalue weighted by Crippen LogP contribution is -2.22. The summed E-state index contributed by atoms with van der Waals surface area (Å²) in [6.07, 6.45) is 2.20. The van der Waals surface area contributed by atoms with E-state index in [1.807, 2.05) is 12.1 Å². The summed E-state index contributed by atoms with van der Waals surface area (Å²) in [6.45, 7) is 2.23. The molecule has 0 unspecified atom stereocenters. The van der Waals surface area contributed by atoms with Gasteiger partial charge in [0, 0.05) is 18.1 Å². The number of nitrogens with zero attached hydrogens (tertiary/aromatic N) is 1. The molecule has 1 aliphatic rings. The molecule has 0 spiro atoms. The first kappa shape index (κ1) is 17.3. The van der Waals surface area contributed by atoms with Crippen molar-refractivity contribution >= 4 is 15.9 Å². The zero-order chi connectivity index (χ0) is 17.1. The Bertz CT molecular complexity index is 700. The number of furan rings is 1. The molecule has 0 aliphatic carbocycles. The second kappa shape index (κ2) is 7.59. The van der Waals surface area contributed by atoms with Gasteiger partial charge in [0.1, 0.15) is 18.1 Å². The third-order valence-electron chi connectivity index (χ3n) is 4.38. The van der Waals surface area contributed by atoms with Crippen molar-refractivity contribution < 1.29 is 19.0 Å². The molecule has 5 nitrogen and oxygen atoms in total. The number of benzene rings is 1. The molecular weight excluding hydrogens is 374 g/mol. The Kier molecular flexibility index (Phi) is 5.48. The Morgan fingerprint density at radius 3 is 2.92 bits per heavy atom. The number of hydrogen-bond acceptors (Lipinski definition) is 5. The molecule has 1 fully saturated rings. The molecule has 1 saturated heterocycles. The van der Waals surface area contributed by atoms with Gasteiger partial charge in [0.05, 0.1) is 13.2 Å². The van der Waals surface area contributed by atoms with Gasteiger partial charge in [0.15, 0.2) is 11.5 Å². The third kappa shape index (κ3) is 3.61. The summed E-state index contributed by atoms with van der Waals surface area (Å²) in [5.41, 5.74) is 1.03. The van der Waals surface area contributed by atoms with Crippen molar-refractivity contribution in [2.75, 3.05) is 20.8 Å². The van der Waals surface area contributed by atoms with E-state index in [-0.39, 0.29) is 11.8 Å². The van der Waals surface area contributed by atoms with Crippen LogP contribution in [0.3, 0.4) is 0 Å². The highest BCUT2D eigenvalue weighted by molar-refractivity contribution is 9.10. The minimum absolute atomic E-state index is 0.159. The molecule has 1 aliphatic heterocycles. The number of aromatic hydroxyl groups is 1. The maximum atomic E-state index is 10.0. The van der Waals surface area contributed by atoms with Crippen molar-refractivity contribution in [2.45, 2.75) is 32.0 Å². The van der Waals surface area contributed by atoms with Crippen LogP contribution in [-0.4, -0.2) is 30.8 Å². The second-order valence-corrected chi connectivity index (χ2v) is 6.84. The summed E-state index contributed by atoms with van der Waals surface area (Å²) in [4.78, 5) is 2.38. The fourth-order valence-electron chi connectivity index (χ4n) is 3.22. The summed E-state index contributed by atoms with van der Waals surface area (Å²) in [6, 6.07) is 7.84. The van der Waals surface area contributed by atoms with Gasteiger partial charge in [-0.2, -0.15) is 0 Å². The lowest BCUT2D eigenvalue weighted by Gasteiger charge is -2.23. The van der Waals surface area contributed by atoms with Gasteiger partial charge < -0.3 is 19.0 Å². The normalized spacial score (nSPS) is 18.2. The van der Waals surface area contributed by atoms with Crippen LogP contribution >= 0.6 is 15.9 Å². The molecule has 24 heavy (non-hydrogen) atoms. The van der Waals surface area contributed by atoms with Crippen LogP contribution in [0.1, 0.15) is 36.0 Å². The molecule has 0 radical (unpaired) electrons. The molecule has 6 heteroatoms. The second-order valence-electron chi connectivity index (χ2n) is 5.98. The SMILES string of the molecule is COCc1ccc([C@@H]2CCCN2Cc2cc(O)c(OC)cc2Br)o1. The predicted octanol–water partition coefficient (Wildman–Crippen LogP) is 4.24. The summed E-state index contributed by atoms with van der Waals surface area (Å²) in [5, 5.41) is 10.0. The van der Waals surface area contributed by atoms with Crippen molar-refractivity contribution in [3.8, 4) is 11.5 Å². The highest BCUT2D eigenvalue weighted by atomic mass is 79.9. The van der Waals surface area contributed by atoms with E-state index in [0.29, 0.717) is 12.4 Å². The average Bonchev–Trinajstić information content (AvgIpc) is 3.20. The van der Waals surface area contributed by atoms with Crippen LogP contribution in [0, 0.1) is 0 Å². The Balaban J connectivity index is 1.77. The maximum Gasteiger partial charge on any atom is 0.161 e. The lowest BCUT2D eigenvalue weighted by atomic mass is 10.1. The maximum absolute atomic E-state index is 10.0. The summed E-state index contributed by atoms with van der Waals surface area (Å²) in [5.74, 6) is 2.46. The molecule has 2 aromatic rings. The van der Waals surface area contributed by atoms with Gasteiger partial charge in [-0.25, -0.2) is 0 Å². The van der Waals surface area contributed by atoms with Gasteiger partial charge in [0.2, 0.25) is 0 Å². The van der Waals surface area contributed by atoms with Crippen LogP contribution < -0.4 is 4.74 Å². The van der Waals surface area contributed by atoms with E-state index in [2.05, 4.69) is 20.8 Å². The first-order chi connectivity index (χ1) is 11.6. The molecule has 1 N–H and O–H groups in total. The standard InChI is InChI=1S/C18H22BrNO4/c1-22-11-13-5-6-17(24-13)15-4-3-7-20(15)10-12-8-16(21)18(23-2)9-14(12)19/h5-6,8-9,15,21H,3-4,7,10-11H2,1-2H3/t15-/m0/s1. The van der Waals surface area contributed by atoms with Gasteiger partial charge in [-0.1, -0.05) is 15.9 Å². The summed E-state index contributed by atoms with van der Waals surface area (Å²) >= 11 is 3.57.